The van der Waals surface area contributed by atoms with Crippen LogP contribution in [0, 0.1) is 5.82 Å². The van der Waals surface area contributed by atoms with E-state index >= 15 is 0 Å². The van der Waals surface area contributed by atoms with Crippen molar-refractivity contribution in [1.29, 1.82) is 0 Å². The Morgan fingerprint density at radius 3 is 2.61 bits per heavy atom. The molecule has 1 heterocycles. The number of para-hydroxylation sites is 1. The second-order valence-corrected chi connectivity index (χ2v) is 4.58. The number of rotatable bonds is 3. The summed E-state index contributed by atoms with van der Waals surface area (Å²) in [6.45, 7) is 3.23. The fraction of sp³-hybridized carbons (Fsp3) is 0.500. The number of amides is 1. The van der Waals surface area contributed by atoms with Crippen LogP contribution in [-0.2, 0) is 4.79 Å². The maximum absolute atomic E-state index is 13.4. The monoisotopic (exact) mass is 251 g/mol. The van der Waals surface area contributed by atoms with Crippen LogP contribution in [0.1, 0.15) is 26.2 Å². The molecule has 0 N–H and O–H groups in total. The van der Waals surface area contributed by atoms with E-state index < -0.39 is 11.9 Å². The molecule has 1 aliphatic rings. The molecule has 1 atom stereocenters. The number of benzene rings is 1. The number of hydrogen-bond donors (Lipinski definition) is 0. The number of piperidine rings is 1. The molecule has 0 unspecified atom stereocenters. The summed E-state index contributed by atoms with van der Waals surface area (Å²) in [5, 5.41) is 0. The quantitative estimate of drug-likeness (QED) is 0.826. The van der Waals surface area contributed by atoms with Crippen molar-refractivity contribution in [3.63, 3.8) is 0 Å². The van der Waals surface area contributed by atoms with Gasteiger partial charge in [-0.1, -0.05) is 12.1 Å². The van der Waals surface area contributed by atoms with E-state index in [1.165, 1.54) is 18.6 Å². The van der Waals surface area contributed by atoms with Crippen LogP contribution in [0.15, 0.2) is 24.3 Å². The van der Waals surface area contributed by atoms with E-state index in [-0.39, 0.29) is 11.7 Å². The molecule has 0 spiro atoms. The van der Waals surface area contributed by atoms with Crippen molar-refractivity contribution in [2.45, 2.75) is 32.3 Å². The molecule has 1 aromatic rings. The first-order chi connectivity index (χ1) is 8.68. The first kappa shape index (κ1) is 12.9. The lowest BCUT2D eigenvalue weighted by atomic mass is 10.1. The van der Waals surface area contributed by atoms with Gasteiger partial charge in [-0.15, -0.1) is 0 Å². The number of nitrogens with zero attached hydrogens (tertiary/aromatic N) is 1. The number of ether oxygens (including phenoxy) is 1. The lowest BCUT2D eigenvalue weighted by Gasteiger charge is -2.29. The first-order valence-corrected chi connectivity index (χ1v) is 6.38. The molecule has 98 valence electrons. The number of hydrogen-bond acceptors (Lipinski definition) is 2. The summed E-state index contributed by atoms with van der Waals surface area (Å²) in [4.78, 5) is 13.9. The third-order valence-electron chi connectivity index (χ3n) is 3.16. The standard InChI is InChI=1S/C14H18FNO2/c1-11(14(17)16-9-5-2-6-10-16)18-13-8-4-3-7-12(13)15/h3-4,7-8,11H,2,5-6,9-10H2,1H3/t11-/m0/s1. The predicted octanol–water partition coefficient (Wildman–Crippen LogP) is 2.61. The van der Waals surface area contributed by atoms with Crippen LogP contribution in [0.25, 0.3) is 0 Å². The van der Waals surface area contributed by atoms with Crippen molar-refractivity contribution >= 4 is 5.91 Å². The van der Waals surface area contributed by atoms with E-state index in [2.05, 4.69) is 0 Å². The van der Waals surface area contributed by atoms with Crippen LogP contribution in [-0.4, -0.2) is 30.0 Å². The molecule has 0 radical (unpaired) electrons. The number of halogens is 1. The summed E-state index contributed by atoms with van der Waals surface area (Å²) in [6, 6.07) is 6.15. The average molecular weight is 251 g/mol. The van der Waals surface area contributed by atoms with Gasteiger partial charge in [0.1, 0.15) is 0 Å². The van der Waals surface area contributed by atoms with Crippen LogP contribution in [0.4, 0.5) is 4.39 Å². The predicted molar refractivity (Wildman–Crippen MR) is 66.9 cm³/mol. The molecule has 1 saturated heterocycles. The van der Waals surface area contributed by atoms with E-state index in [4.69, 9.17) is 4.74 Å². The molecular formula is C14H18FNO2. The van der Waals surface area contributed by atoms with Crippen molar-refractivity contribution in [2.24, 2.45) is 0 Å². The van der Waals surface area contributed by atoms with E-state index in [0.717, 1.165) is 25.9 Å². The Hall–Kier alpha value is -1.58. The summed E-state index contributed by atoms with van der Waals surface area (Å²) in [5.74, 6) is -0.357. The topological polar surface area (TPSA) is 29.5 Å². The van der Waals surface area contributed by atoms with Gasteiger partial charge < -0.3 is 9.64 Å². The maximum Gasteiger partial charge on any atom is 0.263 e. The Morgan fingerprint density at radius 2 is 1.94 bits per heavy atom. The number of likely N-dealkylation sites (tertiary alicyclic amines) is 1. The van der Waals surface area contributed by atoms with Gasteiger partial charge in [0.25, 0.3) is 5.91 Å². The highest BCUT2D eigenvalue weighted by Gasteiger charge is 2.23. The maximum atomic E-state index is 13.4. The average Bonchev–Trinajstić information content (AvgIpc) is 2.41. The van der Waals surface area contributed by atoms with Gasteiger partial charge in [-0.25, -0.2) is 4.39 Å². The highest BCUT2D eigenvalue weighted by atomic mass is 19.1. The Bertz CT molecular complexity index is 416. The zero-order chi connectivity index (χ0) is 13.0. The molecule has 0 bridgehead atoms. The third-order valence-corrected chi connectivity index (χ3v) is 3.16. The molecule has 0 aromatic heterocycles. The van der Waals surface area contributed by atoms with Gasteiger partial charge in [0.15, 0.2) is 17.7 Å². The van der Waals surface area contributed by atoms with Gasteiger partial charge in [-0.3, -0.25) is 4.79 Å². The number of carbonyl (C=O) groups is 1. The molecule has 1 amide bonds. The van der Waals surface area contributed by atoms with Crippen LogP contribution in [0.2, 0.25) is 0 Å². The van der Waals surface area contributed by atoms with Crippen molar-refractivity contribution < 1.29 is 13.9 Å². The molecule has 4 heteroatoms. The molecule has 1 aromatic carbocycles. The molecule has 3 nitrogen and oxygen atoms in total. The minimum absolute atomic E-state index is 0.0575. The van der Waals surface area contributed by atoms with Crippen molar-refractivity contribution in [3.8, 4) is 5.75 Å². The lowest BCUT2D eigenvalue weighted by Crippen LogP contribution is -2.43. The summed E-state index contributed by atoms with van der Waals surface area (Å²) < 4.78 is 18.8. The van der Waals surface area contributed by atoms with E-state index in [0.29, 0.717) is 0 Å². The molecule has 2 rings (SSSR count). The highest BCUT2D eigenvalue weighted by Crippen LogP contribution is 2.18. The van der Waals surface area contributed by atoms with Gasteiger partial charge in [0, 0.05) is 13.1 Å². The summed E-state index contributed by atoms with van der Waals surface area (Å²) in [5.41, 5.74) is 0. The lowest BCUT2D eigenvalue weighted by molar-refractivity contribution is -0.138. The molecular weight excluding hydrogens is 233 g/mol. The zero-order valence-corrected chi connectivity index (χ0v) is 10.6. The van der Waals surface area contributed by atoms with Gasteiger partial charge in [0.2, 0.25) is 0 Å². The summed E-state index contributed by atoms with van der Waals surface area (Å²) in [6.07, 6.45) is 2.61. The molecule has 1 aliphatic heterocycles. The van der Waals surface area contributed by atoms with E-state index in [1.54, 1.807) is 24.0 Å². The zero-order valence-electron chi connectivity index (χ0n) is 10.6. The van der Waals surface area contributed by atoms with Gasteiger partial charge >= 0.3 is 0 Å². The Balaban J connectivity index is 1.96. The normalized spacial score (nSPS) is 17.3. The Morgan fingerprint density at radius 1 is 1.28 bits per heavy atom. The van der Waals surface area contributed by atoms with E-state index in [1.807, 2.05) is 0 Å². The molecule has 18 heavy (non-hydrogen) atoms. The molecule has 1 fully saturated rings. The largest absolute Gasteiger partial charge is 0.478 e. The number of carbonyl (C=O) groups excluding carboxylic acids is 1. The fourth-order valence-corrected chi connectivity index (χ4v) is 2.15. The van der Waals surface area contributed by atoms with Gasteiger partial charge in [0.05, 0.1) is 0 Å². The second-order valence-electron chi connectivity index (χ2n) is 4.58. The smallest absolute Gasteiger partial charge is 0.263 e. The SMILES string of the molecule is C[C@H](Oc1ccccc1F)C(=O)N1CCCCC1. The molecule has 0 saturated carbocycles. The van der Waals surface area contributed by atoms with Gasteiger partial charge in [-0.05, 0) is 38.3 Å². The van der Waals surface area contributed by atoms with Gasteiger partial charge in [-0.2, -0.15) is 0 Å². The fourth-order valence-electron chi connectivity index (χ4n) is 2.15. The Labute approximate surface area is 107 Å². The minimum Gasteiger partial charge on any atom is -0.478 e. The third kappa shape index (κ3) is 3.00. The minimum atomic E-state index is -0.639. The van der Waals surface area contributed by atoms with Crippen LogP contribution >= 0.6 is 0 Å². The first-order valence-electron chi connectivity index (χ1n) is 6.38. The van der Waals surface area contributed by atoms with Crippen molar-refractivity contribution in [3.05, 3.63) is 30.1 Å². The van der Waals surface area contributed by atoms with Crippen LogP contribution in [0.3, 0.4) is 0 Å². The van der Waals surface area contributed by atoms with Crippen LogP contribution in [0.5, 0.6) is 5.75 Å². The second kappa shape index (κ2) is 5.85. The van der Waals surface area contributed by atoms with Crippen molar-refractivity contribution in [2.75, 3.05) is 13.1 Å². The summed E-state index contributed by atoms with van der Waals surface area (Å²) >= 11 is 0. The molecule has 0 aliphatic carbocycles. The van der Waals surface area contributed by atoms with E-state index in [9.17, 15) is 9.18 Å². The summed E-state index contributed by atoms with van der Waals surface area (Å²) in [7, 11) is 0. The Kier molecular flexibility index (Phi) is 4.18. The van der Waals surface area contributed by atoms with Crippen LogP contribution < -0.4 is 4.74 Å². The highest BCUT2D eigenvalue weighted by molar-refractivity contribution is 5.81. The van der Waals surface area contributed by atoms with Crippen molar-refractivity contribution in [1.82, 2.24) is 4.90 Å².